The highest BCUT2D eigenvalue weighted by Gasteiger charge is 2.15. The van der Waals surface area contributed by atoms with Gasteiger partial charge in [-0.2, -0.15) is 0 Å². The maximum Gasteiger partial charge on any atom is 0.0468 e. The van der Waals surface area contributed by atoms with Crippen LogP contribution in [0, 0.1) is 0 Å². The van der Waals surface area contributed by atoms with Crippen LogP contribution >= 0.6 is 22.7 Å². The minimum absolute atomic E-state index is 1.15. The molecule has 0 amide bonds. The zero-order valence-corrected chi connectivity index (χ0v) is 22.7. The molecule has 2 heterocycles. The predicted octanol–water partition coefficient (Wildman–Crippen LogP) is 11.6. The molecule has 2 aromatic heterocycles. The van der Waals surface area contributed by atoms with Crippen LogP contribution < -0.4 is 4.90 Å². The normalized spacial score (nSPS) is 11.6. The molecule has 0 spiro atoms. The Bertz CT molecular complexity index is 2080. The van der Waals surface area contributed by atoms with Gasteiger partial charge in [-0.05, 0) is 77.9 Å². The zero-order chi connectivity index (χ0) is 25.8. The number of hydrogen-bond donors (Lipinski definition) is 0. The van der Waals surface area contributed by atoms with Gasteiger partial charge in [0.25, 0.3) is 0 Å². The topological polar surface area (TPSA) is 3.24 Å². The van der Waals surface area contributed by atoms with Crippen molar-refractivity contribution in [1.82, 2.24) is 0 Å². The molecule has 0 aliphatic rings. The van der Waals surface area contributed by atoms with E-state index in [-0.39, 0.29) is 0 Å². The number of benzene rings is 6. The van der Waals surface area contributed by atoms with E-state index in [1.165, 1.54) is 51.5 Å². The lowest BCUT2D eigenvalue weighted by Gasteiger charge is -2.25. The minimum Gasteiger partial charge on any atom is -0.310 e. The first-order valence-electron chi connectivity index (χ1n) is 13.1. The number of fused-ring (bicyclic) bond motifs is 6. The Morgan fingerprint density at radius 1 is 0.333 bits per heavy atom. The van der Waals surface area contributed by atoms with Gasteiger partial charge in [0.2, 0.25) is 0 Å². The fourth-order valence-electron chi connectivity index (χ4n) is 5.59. The molecular weight excluding hydrogens is 511 g/mol. The molecule has 8 rings (SSSR count). The second kappa shape index (κ2) is 9.09. The largest absolute Gasteiger partial charge is 0.310 e. The summed E-state index contributed by atoms with van der Waals surface area (Å²) in [7, 11) is 0. The van der Waals surface area contributed by atoms with E-state index in [1.807, 2.05) is 22.7 Å². The van der Waals surface area contributed by atoms with Crippen molar-refractivity contribution in [2.24, 2.45) is 0 Å². The van der Waals surface area contributed by atoms with E-state index in [9.17, 15) is 0 Å². The fraction of sp³-hybridized carbons (Fsp3) is 0. The van der Waals surface area contributed by atoms with Crippen molar-refractivity contribution >= 4 is 80.1 Å². The second-order valence-corrected chi connectivity index (χ2v) is 12.0. The van der Waals surface area contributed by atoms with Crippen molar-refractivity contribution in [3.05, 3.63) is 140 Å². The summed E-state index contributed by atoms with van der Waals surface area (Å²) in [6.45, 7) is 0. The summed E-state index contributed by atoms with van der Waals surface area (Å²) < 4.78 is 5.32. The van der Waals surface area contributed by atoms with Gasteiger partial charge >= 0.3 is 0 Å². The molecule has 0 aliphatic heterocycles. The molecule has 0 saturated heterocycles. The zero-order valence-electron chi connectivity index (χ0n) is 21.0. The highest BCUT2D eigenvalue weighted by atomic mass is 32.1. The van der Waals surface area contributed by atoms with E-state index in [4.69, 9.17) is 0 Å². The molecule has 0 bridgehead atoms. The minimum atomic E-state index is 1.15. The Morgan fingerprint density at radius 2 is 0.872 bits per heavy atom. The maximum atomic E-state index is 2.38. The number of para-hydroxylation sites is 2. The lowest BCUT2D eigenvalue weighted by Crippen LogP contribution is -2.09. The molecule has 0 N–H and O–H groups in total. The molecule has 6 aromatic carbocycles. The SMILES string of the molecule is c1ccc(N(c2ccccc2)c2ccc3sc4ccc(-c5ccc6c(c5)sc5ccccc56)cc4c3c2)cc1. The van der Waals surface area contributed by atoms with Crippen molar-refractivity contribution in [3.63, 3.8) is 0 Å². The van der Waals surface area contributed by atoms with Crippen LogP contribution in [0.3, 0.4) is 0 Å². The van der Waals surface area contributed by atoms with Crippen molar-refractivity contribution in [1.29, 1.82) is 0 Å². The molecule has 1 nitrogen and oxygen atoms in total. The van der Waals surface area contributed by atoms with Crippen LogP contribution in [0.2, 0.25) is 0 Å². The molecule has 0 saturated carbocycles. The number of rotatable bonds is 4. The first-order chi connectivity index (χ1) is 19.3. The van der Waals surface area contributed by atoms with Gasteiger partial charge < -0.3 is 4.90 Å². The summed E-state index contributed by atoms with van der Waals surface area (Å²) >= 11 is 3.74. The standard InChI is InChI=1S/C36H23NS2/c1-3-9-26(10-4-1)37(27-11-5-2-6-12-27)28-17-20-35-32(23-28)31-21-24(16-19-34(31)38-35)25-15-18-30-29-13-7-8-14-33(29)39-36(30)22-25/h1-23H. The maximum absolute atomic E-state index is 2.38. The predicted molar refractivity (Wildman–Crippen MR) is 172 cm³/mol. The van der Waals surface area contributed by atoms with Gasteiger partial charge in [-0.3, -0.25) is 0 Å². The molecule has 0 atom stereocenters. The van der Waals surface area contributed by atoms with Crippen molar-refractivity contribution in [2.45, 2.75) is 0 Å². The van der Waals surface area contributed by atoms with Gasteiger partial charge in [0.15, 0.2) is 0 Å². The third kappa shape index (κ3) is 3.82. The van der Waals surface area contributed by atoms with Crippen LogP contribution in [-0.2, 0) is 0 Å². The molecule has 0 unspecified atom stereocenters. The number of nitrogens with zero attached hydrogens (tertiary/aromatic N) is 1. The van der Waals surface area contributed by atoms with Gasteiger partial charge in [0.1, 0.15) is 0 Å². The summed E-state index contributed by atoms with van der Waals surface area (Å²) in [4.78, 5) is 2.34. The van der Waals surface area contributed by atoms with Crippen LogP contribution in [0.25, 0.3) is 51.5 Å². The monoisotopic (exact) mass is 533 g/mol. The van der Waals surface area contributed by atoms with Crippen LogP contribution in [0.15, 0.2) is 140 Å². The van der Waals surface area contributed by atoms with Crippen LogP contribution in [0.4, 0.5) is 17.1 Å². The Hall–Kier alpha value is -4.44. The molecule has 0 aliphatic carbocycles. The molecule has 184 valence electrons. The third-order valence-corrected chi connectivity index (χ3v) is 9.74. The van der Waals surface area contributed by atoms with Crippen LogP contribution in [0.1, 0.15) is 0 Å². The first-order valence-corrected chi connectivity index (χ1v) is 14.7. The Kier molecular flexibility index (Phi) is 5.25. The van der Waals surface area contributed by atoms with Crippen molar-refractivity contribution in [3.8, 4) is 11.1 Å². The van der Waals surface area contributed by atoms with E-state index < -0.39 is 0 Å². The molecule has 0 fully saturated rings. The smallest absolute Gasteiger partial charge is 0.0468 e. The van der Waals surface area contributed by atoms with E-state index in [0.717, 1.165) is 17.1 Å². The van der Waals surface area contributed by atoms with Gasteiger partial charge in [-0.25, -0.2) is 0 Å². The highest BCUT2D eigenvalue weighted by Crippen LogP contribution is 2.42. The quantitative estimate of drug-likeness (QED) is 0.217. The number of thiophene rings is 2. The molecule has 0 radical (unpaired) electrons. The molecule has 39 heavy (non-hydrogen) atoms. The average molecular weight is 534 g/mol. The Balaban J connectivity index is 1.28. The Labute approximate surface area is 234 Å². The molecular formula is C36H23NS2. The van der Waals surface area contributed by atoms with E-state index in [0.29, 0.717) is 0 Å². The van der Waals surface area contributed by atoms with Gasteiger partial charge in [-0.15, -0.1) is 22.7 Å². The summed E-state index contributed by atoms with van der Waals surface area (Å²) in [6, 6.07) is 50.6. The lowest BCUT2D eigenvalue weighted by molar-refractivity contribution is 1.29. The summed E-state index contributed by atoms with van der Waals surface area (Å²) in [5.74, 6) is 0. The van der Waals surface area contributed by atoms with Crippen LogP contribution in [0.5, 0.6) is 0 Å². The fourth-order valence-corrected chi connectivity index (χ4v) is 7.80. The second-order valence-electron chi connectivity index (χ2n) is 9.81. The van der Waals surface area contributed by atoms with Crippen LogP contribution in [-0.4, -0.2) is 0 Å². The Morgan fingerprint density at radius 3 is 1.64 bits per heavy atom. The lowest BCUT2D eigenvalue weighted by atomic mass is 10.0. The van der Waals surface area contributed by atoms with Crippen molar-refractivity contribution in [2.75, 3.05) is 4.90 Å². The van der Waals surface area contributed by atoms with Gasteiger partial charge in [0.05, 0.1) is 0 Å². The molecule has 3 heteroatoms. The van der Waals surface area contributed by atoms with E-state index >= 15 is 0 Å². The number of hydrogen-bond acceptors (Lipinski definition) is 3. The number of anilines is 3. The average Bonchev–Trinajstić information content (AvgIpc) is 3.55. The van der Waals surface area contributed by atoms with Gasteiger partial charge in [0, 0.05) is 57.4 Å². The van der Waals surface area contributed by atoms with E-state index in [2.05, 4.69) is 144 Å². The summed E-state index contributed by atoms with van der Waals surface area (Å²) in [5, 5.41) is 5.30. The summed E-state index contributed by atoms with van der Waals surface area (Å²) in [5.41, 5.74) is 5.99. The third-order valence-electron chi connectivity index (χ3n) is 7.45. The molecule has 8 aromatic rings. The first kappa shape index (κ1) is 22.5. The summed E-state index contributed by atoms with van der Waals surface area (Å²) in [6.07, 6.45) is 0. The highest BCUT2D eigenvalue weighted by molar-refractivity contribution is 7.26. The van der Waals surface area contributed by atoms with E-state index in [1.54, 1.807) is 0 Å². The van der Waals surface area contributed by atoms with Crippen molar-refractivity contribution < 1.29 is 0 Å². The van der Waals surface area contributed by atoms with Gasteiger partial charge in [-0.1, -0.05) is 72.8 Å².